The Hall–Kier alpha value is -3.02. The fourth-order valence-electron chi connectivity index (χ4n) is 3.05. The van der Waals surface area contributed by atoms with Gasteiger partial charge in [0.15, 0.2) is 0 Å². The van der Waals surface area contributed by atoms with Crippen molar-refractivity contribution in [3.8, 4) is 11.5 Å². The predicted octanol–water partition coefficient (Wildman–Crippen LogP) is 3.78. The van der Waals surface area contributed by atoms with Gasteiger partial charge in [-0.1, -0.05) is 39.0 Å². The SMILES string of the molecule is COc1cccc(OC)c1C(=O)NCCN(C(C)=O)c1ccc(C(C)(C)C)cc1. The molecule has 156 valence electrons. The lowest BCUT2D eigenvalue weighted by Crippen LogP contribution is -2.37. The molecule has 0 spiro atoms. The minimum atomic E-state index is -0.314. The second kappa shape index (κ2) is 9.45. The van der Waals surface area contributed by atoms with E-state index in [1.807, 2.05) is 24.3 Å². The van der Waals surface area contributed by atoms with Gasteiger partial charge >= 0.3 is 0 Å². The van der Waals surface area contributed by atoms with Gasteiger partial charge in [0, 0.05) is 25.7 Å². The maximum absolute atomic E-state index is 12.7. The van der Waals surface area contributed by atoms with Gasteiger partial charge in [-0.15, -0.1) is 0 Å². The van der Waals surface area contributed by atoms with E-state index in [1.54, 1.807) is 23.1 Å². The number of rotatable bonds is 7. The normalized spacial score (nSPS) is 11.0. The predicted molar refractivity (Wildman–Crippen MR) is 115 cm³/mol. The second-order valence-corrected chi connectivity index (χ2v) is 7.76. The fraction of sp³-hybridized carbons (Fsp3) is 0.391. The maximum atomic E-state index is 12.7. The lowest BCUT2D eigenvalue weighted by atomic mass is 9.87. The molecule has 2 amide bonds. The third-order valence-corrected chi connectivity index (χ3v) is 4.70. The van der Waals surface area contributed by atoms with Crippen LogP contribution in [0.1, 0.15) is 43.6 Å². The zero-order valence-electron chi connectivity index (χ0n) is 18.0. The van der Waals surface area contributed by atoms with Crippen LogP contribution >= 0.6 is 0 Å². The van der Waals surface area contributed by atoms with Crippen LogP contribution in [-0.4, -0.2) is 39.1 Å². The van der Waals surface area contributed by atoms with E-state index in [1.165, 1.54) is 26.7 Å². The summed E-state index contributed by atoms with van der Waals surface area (Å²) in [5.41, 5.74) is 2.37. The Morgan fingerprint density at radius 3 is 1.97 bits per heavy atom. The van der Waals surface area contributed by atoms with Crippen LogP contribution in [0.25, 0.3) is 0 Å². The number of carbonyl (C=O) groups is 2. The van der Waals surface area contributed by atoms with E-state index in [0.29, 0.717) is 30.2 Å². The van der Waals surface area contributed by atoms with Crippen LogP contribution in [0.3, 0.4) is 0 Å². The number of amides is 2. The average molecular weight is 399 g/mol. The maximum Gasteiger partial charge on any atom is 0.258 e. The van der Waals surface area contributed by atoms with Crippen LogP contribution in [0.5, 0.6) is 11.5 Å². The topological polar surface area (TPSA) is 67.9 Å². The lowest BCUT2D eigenvalue weighted by molar-refractivity contribution is -0.116. The number of ether oxygens (including phenoxy) is 2. The number of carbonyl (C=O) groups excluding carboxylic acids is 2. The summed E-state index contributed by atoms with van der Waals surface area (Å²) in [6, 6.07) is 13.1. The van der Waals surface area contributed by atoms with Gasteiger partial charge in [0.25, 0.3) is 5.91 Å². The molecule has 0 unspecified atom stereocenters. The van der Waals surface area contributed by atoms with Gasteiger partial charge in [-0.25, -0.2) is 0 Å². The zero-order chi connectivity index (χ0) is 21.6. The van der Waals surface area contributed by atoms with Crippen molar-refractivity contribution >= 4 is 17.5 Å². The molecular formula is C23H30N2O4. The highest BCUT2D eigenvalue weighted by Crippen LogP contribution is 2.28. The Balaban J connectivity index is 2.09. The summed E-state index contributed by atoms with van der Waals surface area (Å²) in [5, 5.41) is 2.85. The Labute approximate surface area is 172 Å². The van der Waals surface area contributed by atoms with Gasteiger partial charge in [0.2, 0.25) is 5.91 Å². The highest BCUT2D eigenvalue weighted by atomic mass is 16.5. The van der Waals surface area contributed by atoms with Crippen LogP contribution in [-0.2, 0) is 10.2 Å². The minimum Gasteiger partial charge on any atom is -0.496 e. The first-order valence-corrected chi connectivity index (χ1v) is 9.57. The number of hydrogen-bond acceptors (Lipinski definition) is 4. The molecule has 0 saturated carbocycles. The van der Waals surface area contributed by atoms with Crippen LogP contribution in [0.15, 0.2) is 42.5 Å². The summed E-state index contributed by atoms with van der Waals surface area (Å²) in [6.07, 6.45) is 0. The molecule has 2 aromatic rings. The van der Waals surface area contributed by atoms with Crippen molar-refractivity contribution in [1.29, 1.82) is 0 Å². The standard InChI is InChI=1S/C23H30N2O4/c1-16(26)25(18-12-10-17(11-13-18)23(2,3)4)15-14-24-22(27)21-19(28-5)8-7-9-20(21)29-6/h7-13H,14-15H2,1-6H3,(H,24,27). The Morgan fingerprint density at radius 2 is 1.52 bits per heavy atom. The summed E-state index contributed by atoms with van der Waals surface area (Å²) in [4.78, 5) is 26.5. The molecule has 6 nitrogen and oxygen atoms in total. The van der Waals surface area contributed by atoms with Crippen molar-refractivity contribution in [2.24, 2.45) is 0 Å². The van der Waals surface area contributed by atoms with Crippen molar-refractivity contribution < 1.29 is 19.1 Å². The third kappa shape index (κ3) is 5.50. The summed E-state index contributed by atoms with van der Waals surface area (Å²) in [5.74, 6) is 0.467. The van der Waals surface area contributed by atoms with Gasteiger partial charge < -0.3 is 19.7 Å². The van der Waals surface area contributed by atoms with Gasteiger partial charge in [-0.2, -0.15) is 0 Å². The van der Waals surface area contributed by atoms with Crippen LogP contribution < -0.4 is 19.7 Å². The van der Waals surface area contributed by atoms with E-state index >= 15 is 0 Å². The molecule has 29 heavy (non-hydrogen) atoms. The molecular weight excluding hydrogens is 368 g/mol. The van der Waals surface area contributed by atoms with E-state index < -0.39 is 0 Å². The van der Waals surface area contributed by atoms with E-state index in [-0.39, 0.29) is 17.2 Å². The van der Waals surface area contributed by atoms with Gasteiger partial charge in [0.1, 0.15) is 17.1 Å². The average Bonchev–Trinajstić information content (AvgIpc) is 2.69. The number of methoxy groups -OCH3 is 2. The van der Waals surface area contributed by atoms with Crippen molar-refractivity contribution in [1.82, 2.24) is 5.32 Å². The lowest BCUT2D eigenvalue weighted by Gasteiger charge is -2.24. The van der Waals surface area contributed by atoms with Gasteiger partial charge in [-0.05, 0) is 35.2 Å². The van der Waals surface area contributed by atoms with E-state index in [2.05, 4.69) is 26.1 Å². The third-order valence-electron chi connectivity index (χ3n) is 4.70. The van der Waals surface area contributed by atoms with Crippen molar-refractivity contribution in [3.05, 3.63) is 53.6 Å². The Morgan fingerprint density at radius 1 is 0.966 bits per heavy atom. The number of benzene rings is 2. The minimum absolute atomic E-state index is 0.0430. The van der Waals surface area contributed by atoms with E-state index in [0.717, 1.165) is 5.69 Å². The number of anilines is 1. The quantitative estimate of drug-likeness (QED) is 0.771. The molecule has 0 heterocycles. The molecule has 0 fully saturated rings. The highest BCUT2D eigenvalue weighted by molar-refractivity contribution is 6.00. The van der Waals surface area contributed by atoms with Crippen molar-refractivity contribution in [2.45, 2.75) is 33.1 Å². The first-order valence-electron chi connectivity index (χ1n) is 9.57. The molecule has 6 heteroatoms. The molecule has 0 aliphatic heterocycles. The molecule has 0 radical (unpaired) electrons. The number of nitrogens with one attached hydrogen (secondary N) is 1. The smallest absolute Gasteiger partial charge is 0.258 e. The van der Waals surface area contributed by atoms with Crippen molar-refractivity contribution in [2.75, 3.05) is 32.2 Å². The molecule has 1 N–H and O–H groups in total. The molecule has 2 rings (SSSR count). The first kappa shape index (κ1) is 22.3. The summed E-state index contributed by atoms with van der Waals surface area (Å²) in [7, 11) is 3.01. The summed E-state index contributed by atoms with van der Waals surface area (Å²) >= 11 is 0. The molecule has 0 aliphatic rings. The molecule has 0 atom stereocenters. The summed E-state index contributed by atoms with van der Waals surface area (Å²) < 4.78 is 10.6. The van der Waals surface area contributed by atoms with Crippen LogP contribution in [0, 0.1) is 0 Å². The molecule has 2 aromatic carbocycles. The number of hydrogen-bond donors (Lipinski definition) is 1. The van der Waals surface area contributed by atoms with E-state index in [9.17, 15) is 9.59 Å². The highest BCUT2D eigenvalue weighted by Gasteiger charge is 2.19. The second-order valence-electron chi connectivity index (χ2n) is 7.76. The van der Waals surface area contributed by atoms with E-state index in [4.69, 9.17) is 9.47 Å². The molecule has 0 saturated heterocycles. The molecule has 0 aromatic heterocycles. The largest absolute Gasteiger partial charge is 0.496 e. The van der Waals surface area contributed by atoms with Gasteiger partial charge in [0.05, 0.1) is 14.2 Å². The van der Waals surface area contributed by atoms with Crippen molar-refractivity contribution in [3.63, 3.8) is 0 Å². The monoisotopic (exact) mass is 398 g/mol. The molecule has 0 aliphatic carbocycles. The fourth-order valence-corrected chi connectivity index (χ4v) is 3.05. The Kier molecular flexibility index (Phi) is 7.26. The Bertz CT molecular complexity index is 832. The van der Waals surface area contributed by atoms with Crippen LogP contribution in [0.2, 0.25) is 0 Å². The van der Waals surface area contributed by atoms with Gasteiger partial charge in [-0.3, -0.25) is 9.59 Å². The summed E-state index contributed by atoms with van der Waals surface area (Å²) in [6.45, 7) is 8.60. The zero-order valence-corrected chi connectivity index (χ0v) is 18.0. The van der Waals surface area contributed by atoms with Crippen LogP contribution in [0.4, 0.5) is 5.69 Å². The molecule has 0 bridgehead atoms. The first-order chi connectivity index (χ1) is 13.7. The number of nitrogens with zero attached hydrogens (tertiary/aromatic N) is 1.